The van der Waals surface area contributed by atoms with E-state index in [1.165, 1.54) is 25.3 Å². The van der Waals surface area contributed by atoms with Crippen molar-refractivity contribution in [1.82, 2.24) is 4.90 Å². The van der Waals surface area contributed by atoms with E-state index in [2.05, 4.69) is 0 Å². The lowest BCUT2D eigenvalue weighted by atomic mass is 10.1. The van der Waals surface area contributed by atoms with Gasteiger partial charge in [-0.1, -0.05) is 0 Å². The van der Waals surface area contributed by atoms with Gasteiger partial charge in [-0.05, 0) is 31.9 Å². The van der Waals surface area contributed by atoms with Crippen LogP contribution in [-0.4, -0.2) is 42.0 Å². The second-order valence-corrected chi connectivity index (χ2v) is 5.29. The molecule has 21 heavy (non-hydrogen) atoms. The molecule has 1 heterocycles. The van der Waals surface area contributed by atoms with Gasteiger partial charge in [-0.15, -0.1) is 0 Å². The second-order valence-electron chi connectivity index (χ2n) is 5.29. The number of likely N-dealkylation sites (tertiary alicyclic amines) is 1. The van der Waals surface area contributed by atoms with Gasteiger partial charge in [0.25, 0.3) is 11.6 Å². The van der Waals surface area contributed by atoms with Gasteiger partial charge >= 0.3 is 0 Å². The molecular weight excluding hydrogens is 274 g/mol. The monoisotopic (exact) mass is 293 g/mol. The molecule has 0 aliphatic carbocycles. The number of non-ortho nitro benzene ring substituents is 1. The molecule has 0 bridgehead atoms. The van der Waals surface area contributed by atoms with Gasteiger partial charge in [0.2, 0.25) is 0 Å². The first-order chi connectivity index (χ1) is 9.97. The second kappa shape index (κ2) is 6.09. The van der Waals surface area contributed by atoms with Crippen molar-refractivity contribution in [3.63, 3.8) is 0 Å². The third kappa shape index (κ3) is 2.97. The van der Waals surface area contributed by atoms with Crippen LogP contribution in [-0.2, 0) is 0 Å². The summed E-state index contributed by atoms with van der Waals surface area (Å²) < 4.78 is 5.15. The number of rotatable bonds is 4. The lowest BCUT2D eigenvalue weighted by molar-refractivity contribution is -0.384. The molecule has 7 heteroatoms. The number of ether oxygens (including phenoxy) is 1. The number of nitrogens with two attached hydrogens (primary N) is 1. The van der Waals surface area contributed by atoms with Crippen LogP contribution < -0.4 is 10.5 Å². The van der Waals surface area contributed by atoms with Crippen molar-refractivity contribution < 1.29 is 14.5 Å². The smallest absolute Gasteiger partial charge is 0.270 e. The van der Waals surface area contributed by atoms with Crippen molar-refractivity contribution in [2.24, 2.45) is 11.7 Å². The highest BCUT2D eigenvalue weighted by atomic mass is 16.6. The zero-order chi connectivity index (χ0) is 15.6. The van der Waals surface area contributed by atoms with Crippen LogP contribution >= 0.6 is 0 Å². The van der Waals surface area contributed by atoms with E-state index in [-0.39, 0.29) is 29.1 Å². The Morgan fingerprint density at radius 2 is 2.29 bits per heavy atom. The summed E-state index contributed by atoms with van der Waals surface area (Å²) in [6.45, 7) is 3.06. The first-order valence-electron chi connectivity index (χ1n) is 6.81. The highest BCUT2D eigenvalue weighted by molar-refractivity contribution is 5.98. The number of methoxy groups -OCH3 is 1. The molecule has 0 spiro atoms. The number of hydrogen-bond acceptors (Lipinski definition) is 5. The highest BCUT2D eigenvalue weighted by Gasteiger charge is 2.33. The van der Waals surface area contributed by atoms with E-state index in [1.54, 1.807) is 4.90 Å². The quantitative estimate of drug-likeness (QED) is 0.668. The zero-order valence-electron chi connectivity index (χ0n) is 12.1. The number of carbonyl (C=O) groups is 1. The third-order valence-electron chi connectivity index (χ3n) is 3.88. The molecule has 2 N–H and O–H groups in total. The van der Waals surface area contributed by atoms with Crippen LogP contribution in [0.25, 0.3) is 0 Å². The minimum atomic E-state index is -0.522. The van der Waals surface area contributed by atoms with Crippen LogP contribution in [0.4, 0.5) is 5.69 Å². The van der Waals surface area contributed by atoms with Gasteiger partial charge in [-0.3, -0.25) is 14.9 Å². The minimum absolute atomic E-state index is 0.0648. The van der Waals surface area contributed by atoms with Gasteiger partial charge in [0.05, 0.1) is 17.6 Å². The van der Waals surface area contributed by atoms with E-state index in [9.17, 15) is 14.9 Å². The predicted octanol–water partition coefficient (Wildman–Crippen LogP) is 1.41. The van der Waals surface area contributed by atoms with Crippen LogP contribution in [0.2, 0.25) is 0 Å². The van der Waals surface area contributed by atoms with Crippen LogP contribution in [0.15, 0.2) is 18.2 Å². The Morgan fingerprint density at radius 1 is 1.57 bits per heavy atom. The fourth-order valence-corrected chi connectivity index (χ4v) is 2.73. The SMILES string of the molecule is COc1ccc([N+](=O)[O-])cc1C(=O)N1CC(CN)CC1C. The van der Waals surface area contributed by atoms with E-state index < -0.39 is 4.92 Å². The van der Waals surface area contributed by atoms with Crippen molar-refractivity contribution in [3.8, 4) is 5.75 Å². The van der Waals surface area contributed by atoms with Crippen LogP contribution in [0, 0.1) is 16.0 Å². The first kappa shape index (κ1) is 15.2. The summed E-state index contributed by atoms with van der Waals surface area (Å²) in [5, 5.41) is 10.9. The minimum Gasteiger partial charge on any atom is -0.496 e. The topological polar surface area (TPSA) is 98.7 Å². The fraction of sp³-hybridized carbons (Fsp3) is 0.500. The fourth-order valence-electron chi connectivity index (χ4n) is 2.73. The molecule has 1 amide bonds. The molecule has 114 valence electrons. The maximum Gasteiger partial charge on any atom is 0.270 e. The van der Waals surface area contributed by atoms with Gasteiger partial charge in [-0.25, -0.2) is 0 Å². The molecular formula is C14H19N3O4. The average Bonchev–Trinajstić information content (AvgIpc) is 2.86. The summed E-state index contributed by atoms with van der Waals surface area (Å²) >= 11 is 0. The molecule has 7 nitrogen and oxygen atoms in total. The summed E-state index contributed by atoms with van der Waals surface area (Å²) in [6.07, 6.45) is 0.847. The maximum atomic E-state index is 12.7. The summed E-state index contributed by atoms with van der Waals surface area (Å²) in [4.78, 5) is 24.7. The molecule has 2 rings (SSSR count). The van der Waals surface area contributed by atoms with Crippen LogP contribution in [0.5, 0.6) is 5.75 Å². The van der Waals surface area contributed by atoms with Gasteiger partial charge in [-0.2, -0.15) is 0 Å². The summed E-state index contributed by atoms with van der Waals surface area (Å²) in [5.41, 5.74) is 5.76. The molecule has 1 aliphatic heterocycles. The van der Waals surface area contributed by atoms with Crippen LogP contribution in [0.3, 0.4) is 0 Å². The maximum absolute atomic E-state index is 12.7. The van der Waals surface area contributed by atoms with E-state index in [4.69, 9.17) is 10.5 Å². The number of nitro benzene ring substituents is 1. The number of amides is 1. The van der Waals surface area contributed by atoms with Gasteiger partial charge < -0.3 is 15.4 Å². The number of nitro groups is 1. The Bertz CT molecular complexity index is 561. The molecule has 2 unspecified atom stereocenters. The number of benzene rings is 1. The Labute approximate surface area is 122 Å². The average molecular weight is 293 g/mol. The molecule has 0 saturated carbocycles. The molecule has 0 radical (unpaired) electrons. The highest BCUT2D eigenvalue weighted by Crippen LogP contribution is 2.29. The van der Waals surface area contributed by atoms with Crippen molar-refractivity contribution in [2.75, 3.05) is 20.2 Å². The largest absolute Gasteiger partial charge is 0.496 e. The molecule has 0 aromatic heterocycles. The summed E-state index contributed by atoms with van der Waals surface area (Å²) in [7, 11) is 1.44. The van der Waals surface area contributed by atoms with E-state index in [1.807, 2.05) is 6.92 Å². The van der Waals surface area contributed by atoms with E-state index >= 15 is 0 Å². The van der Waals surface area contributed by atoms with Crippen molar-refractivity contribution in [3.05, 3.63) is 33.9 Å². The standard InChI is InChI=1S/C14H19N3O4/c1-9-5-10(7-15)8-16(9)14(18)12-6-11(17(19)20)3-4-13(12)21-2/h3-4,6,9-10H,5,7-8,15H2,1-2H3. The zero-order valence-corrected chi connectivity index (χ0v) is 12.1. The summed E-state index contributed by atoms with van der Waals surface area (Å²) in [5.74, 6) is 0.363. The molecule has 1 aromatic carbocycles. The Kier molecular flexibility index (Phi) is 4.42. The lowest BCUT2D eigenvalue weighted by Gasteiger charge is -2.22. The Morgan fingerprint density at radius 3 is 2.81 bits per heavy atom. The van der Waals surface area contributed by atoms with E-state index in [0.29, 0.717) is 18.8 Å². The Hall–Kier alpha value is -2.15. The number of hydrogen-bond donors (Lipinski definition) is 1. The Balaban J connectivity index is 2.33. The normalized spacial score (nSPS) is 21.4. The van der Waals surface area contributed by atoms with Crippen molar-refractivity contribution in [2.45, 2.75) is 19.4 Å². The third-order valence-corrected chi connectivity index (χ3v) is 3.88. The number of carbonyl (C=O) groups excluding carboxylic acids is 1. The molecule has 2 atom stereocenters. The predicted molar refractivity (Wildman–Crippen MR) is 77.3 cm³/mol. The van der Waals surface area contributed by atoms with Gasteiger partial charge in [0.1, 0.15) is 5.75 Å². The van der Waals surface area contributed by atoms with Gasteiger partial charge in [0.15, 0.2) is 0 Å². The van der Waals surface area contributed by atoms with Crippen molar-refractivity contribution in [1.29, 1.82) is 0 Å². The summed E-state index contributed by atoms with van der Waals surface area (Å²) in [6, 6.07) is 4.11. The van der Waals surface area contributed by atoms with Crippen LogP contribution in [0.1, 0.15) is 23.7 Å². The first-order valence-corrected chi connectivity index (χ1v) is 6.81. The number of nitrogens with zero attached hydrogens (tertiary/aromatic N) is 2. The molecule has 1 saturated heterocycles. The molecule has 1 fully saturated rings. The lowest BCUT2D eigenvalue weighted by Crippen LogP contribution is -2.34. The van der Waals surface area contributed by atoms with E-state index in [0.717, 1.165) is 6.42 Å². The van der Waals surface area contributed by atoms with Crippen molar-refractivity contribution >= 4 is 11.6 Å². The molecule has 1 aliphatic rings. The molecule has 1 aromatic rings. The van der Waals surface area contributed by atoms with Gasteiger partial charge in [0, 0.05) is 24.7 Å².